The van der Waals surface area contributed by atoms with Gasteiger partial charge in [-0.25, -0.2) is 0 Å². The fourth-order valence-electron chi connectivity index (χ4n) is 2.45. The van der Waals surface area contributed by atoms with Crippen LogP contribution < -0.4 is 0 Å². The van der Waals surface area contributed by atoms with E-state index in [4.69, 9.17) is 0 Å². The van der Waals surface area contributed by atoms with Crippen molar-refractivity contribution < 1.29 is 9.90 Å². The van der Waals surface area contributed by atoms with Crippen molar-refractivity contribution in [2.75, 3.05) is 26.7 Å². The highest BCUT2D eigenvalue weighted by molar-refractivity contribution is 5.80. The van der Waals surface area contributed by atoms with Gasteiger partial charge < -0.3 is 10.0 Å². The third kappa shape index (κ3) is 2.44. The topological polar surface area (TPSA) is 43.8 Å². The molecule has 0 aromatic carbocycles. The number of aliphatic hydroxyl groups is 1. The number of amides is 1. The van der Waals surface area contributed by atoms with Gasteiger partial charge in [0.15, 0.2) is 0 Å². The molecule has 1 amide bonds. The van der Waals surface area contributed by atoms with Gasteiger partial charge in [0.25, 0.3) is 0 Å². The van der Waals surface area contributed by atoms with Crippen LogP contribution in [0.1, 0.15) is 26.2 Å². The molecule has 4 heteroatoms. The van der Waals surface area contributed by atoms with Gasteiger partial charge in [0.05, 0.1) is 12.1 Å². The van der Waals surface area contributed by atoms with Gasteiger partial charge in [0, 0.05) is 25.8 Å². The molecule has 4 nitrogen and oxygen atoms in total. The predicted octanol–water partition coefficient (Wildman–Crippen LogP) is 0.579. The van der Waals surface area contributed by atoms with E-state index in [9.17, 15) is 9.90 Å². The molecule has 1 saturated heterocycles. The molecule has 90 valence electrons. The maximum absolute atomic E-state index is 11.9. The van der Waals surface area contributed by atoms with E-state index in [0.29, 0.717) is 19.6 Å². The third-order valence-electron chi connectivity index (χ3n) is 3.31. The Morgan fingerprint density at radius 1 is 1.62 bits per heavy atom. The largest absolute Gasteiger partial charge is 0.388 e. The van der Waals surface area contributed by atoms with E-state index in [1.165, 1.54) is 0 Å². The molecule has 0 radical (unpaired) electrons. The Kier molecular flexibility index (Phi) is 3.04. The first-order valence-electron chi connectivity index (χ1n) is 5.88. The second kappa shape index (κ2) is 4.18. The van der Waals surface area contributed by atoms with Crippen molar-refractivity contribution in [3.8, 4) is 0 Å². The second-order valence-electron chi connectivity index (χ2n) is 5.18. The molecule has 1 heterocycles. The van der Waals surface area contributed by atoms with Crippen LogP contribution in [0, 0.1) is 0 Å². The van der Waals surface area contributed by atoms with E-state index in [-0.39, 0.29) is 5.91 Å². The van der Waals surface area contributed by atoms with Crippen LogP contribution in [-0.4, -0.2) is 53.1 Å². The fraction of sp³-hybridized carbons (Fsp3) is 0.750. The maximum atomic E-state index is 11.9. The zero-order chi connectivity index (χ0) is 11.8. The first-order chi connectivity index (χ1) is 7.48. The summed E-state index contributed by atoms with van der Waals surface area (Å²) in [7, 11) is 1.84. The van der Waals surface area contributed by atoms with Crippen LogP contribution in [0.3, 0.4) is 0 Å². The first kappa shape index (κ1) is 11.6. The Hall–Kier alpha value is -0.870. The average molecular weight is 224 g/mol. The van der Waals surface area contributed by atoms with Crippen LogP contribution in [0.2, 0.25) is 0 Å². The quantitative estimate of drug-likeness (QED) is 0.762. The minimum atomic E-state index is -0.592. The van der Waals surface area contributed by atoms with Crippen LogP contribution >= 0.6 is 0 Å². The lowest BCUT2D eigenvalue weighted by Crippen LogP contribution is -2.61. The van der Waals surface area contributed by atoms with Gasteiger partial charge in [-0.2, -0.15) is 0 Å². The molecule has 1 fully saturated rings. The van der Waals surface area contributed by atoms with Crippen molar-refractivity contribution in [3.63, 3.8) is 0 Å². The van der Waals surface area contributed by atoms with Gasteiger partial charge in [0.2, 0.25) is 5.91 Å². The SMILES string of the molecule is CN(C(=O)CN1CC(C)(O)C1)C1=CCCC1. The number of carbonyl (C=O) groups excluding carboxylic acids is 1. The van der Waals surface area contributed by atoms with Crippen LogP contribution in [-0.2, 0) is 4.79 Å². The van der Waals surface area contributed by atoms with Crippen molar-refractivity contribution in [3.05, 3.63) is 11.8 Å². The summed E-state index contributed by atoms with van der Waals surface area (Å²) < 4.78 is 0. The molecule has 16 heavy (non-hydrogen) atoms. The summed E-state index contributed by atoms with van der Waals surface area (Å²) in [5, 5.41) is 9.57. The number of β-amino-alcohol motifs (C(OH)–C–C–N with tert-alkyl or cyclic N) is 1. The lowest BCUT2D eigenvalue weighted by Gasteiger charge is -2.44. The Labute approximate surface area is 96.5 Å². The van der Waals surface area contributed by atoms with Gasteiger partial charge in [-0.05, 0) is 26.2 Å². The summed E-state index contributed by atoms with van der Waals surface area (Å²) >= 11 is 0. The lowest BCUT2D eigenvalue weighted by atomic mass is 9.97. The summed E-state index contributed by atoms with van der Waals surface area (Å²) in [5.41, 5.74) is 0.558. The lowest BCUT2D eigenvalue weighted by molar-refractivity contribution is -0.137. The molecule has 0 unspecified atom stereocenters. The van der Waals surface area contributed by atoms with Crippen molar-refractivity contribution >= 4 is 5.91 Å². The average Bonchev–Trinajstić information content (AvgIpc) is 2.66. The number of likely N-dealkylation sites (N-methyl/N-ethyl adjacent to an activating group) is 1. The third-order valence-corrected chi connectivity index (χ3v) is 3.31. The number of rotatable bonds is 3. The summed E-state index contributed by atoms with van der Waals surface area (Å²) in [4.78, 5) is 15.7. The molecular formula is C12H20N2O2. The number of carbonyl (C=O) groups is 1. The maximum Gasteiger partial charge on any atom is 0.240 e. The molecule has 0 saturated carbocycles. The highest BCUT2D eigenvalue weighted by Gasteiger charge is 2.37. The van der Waals surface area contributed by atoms with Crippen LogP contribution in [0.5, 0.6) is 0 Å². The van der Waals surface area contributed by atoms with Gasteiger partial charge in [-0.15, -0.1) is 0 Å². The van der Waals surface area contributed by atoms with Crippen molar-refractivity contribution in [1.82, 2.24) is 9.80 Å². The molecule has 2 aliphatic rings. The van der Waals surface area contributed by atoms with Crippen molar-refractivity contribution in [2.45, 2.75) is 31.8 Å². The Morgan fingerprint density at radius 2 is 2.31 bits per heavy atom. The van der Waals surface area contributed by atoms with Crippen LogP contribution in [0.4, 0.5) is 0 Å². The normalized spacial score (nSPS) is 23.8. The minimum absolute atomic E-state index is 0.128. The molecule has 1 aliphatic carbocycles. The number of nitrogens with zero attached hydrogens (tertiary/aromatic N) is 2. The highest BCUT2D eigenvalue weighted by Crippen LogP contribution is 2.22. The molecule has 0 atom stereocenters. The smallest absolute Gasteiger partial charge is 0.240 e. The fourth-order valence-corrected chi connectivity index (χ4v) is 2.45. The zero-order valence-electron chi connectivity index (χ0n) is 10.1. The zero-order valence-corrected chi connectivity index (χ0v) is 10.1. The molecule has 0 bridgehead atoms. The van der Waals surface area contributed by atoms with Crippen LogP contribution in [0.25, 0.3) is 0 Å². The van der Waals surface area contributed by atoms with Gasteiger partial charge in [-0.3, -0.25) is 9.69 Å². The summed E-state index contributed by atoms with van der Waals surface area (Å²) in [5.74, 6) is 0.128. The molecule has 0 aromatic heterocycles. The first-order valence-corrected chi connectivity index (χ1v) is 5.88. The Morgan fingerprint density at radius 3 is 2.81 bits per heavy atom. The second-order valence-corrected chi connectivity index (χ2v) is 5.18. The summed E-state index contributed by atoms with van der Waals surface area (Å²) in [6.07, 6.45) is 5.40. The van der Waals surface area contributed by atoms with E-state index < -0.39 is 5.60 Å². The minimum Gasteiger partial charge on any atom is -0.388 e. The molecule has 0 spiro atoms. The summed E-state index contributed by atoms with van der Waals surface area (Å²) in [6.45, 7) is 3.43. The molecular weight excluding hydrogens is 204 g/mol. The van der Waals surface area contributed by atoms with Gasteiger partial charge in [-0.1, -0.05) is 6.08 Å². The number of allylic oxidation sites excluding steroid dienone is 2. The summed E-state index contributed by atoms with van der Waals surface area (Å²) in [6, 6.07) is 0. The predicted molar refractivity (Wildman–Crippen MR) is 61.8 cm³/mol. The molecule has 1 N–H and O–H groups in total. The number of likely N-dealkylation sites (tertiary alicyclic amines) is 1. The molecule has 1 aliphatic heterocycles. The van der Waals surface area contributed by atoms with E-state index in [0.717, 1.165) is 25.0 Å². The van der Waals surface area contributed by atoms with Crippen molar-refractivity contribution in [1.29, 1.82) is 0 Å². The highest BCUT2D eigenvalue weighted by atomic mass is 16.3. The molecule has 0 aromatic rings. The monoisotopic (exact) mass is 224 g/mol. The van der Waals surface area contributed by atoms with Gasteiger partial charge in [0.1, 0.15) is 0 Å². The number of hydrogen-bond acceptors (Lipinski definition) is 3. The number of hydrogen-bond donors (Lipinski definition) is 1. The Bertz CT molecular complexity index is 315. The van der Waals surface area contributed by atoms with E-state index in [1.54, 1.807) is 11.8 Å². The van der Waals surface area contributed by atoms with E-state index in [1.807, 2.05) is 11.9 Å². The Balaban J connectivity index is 1.80. The van der Waals surface area contributed by atoms with E-state index >= 15 is 0 Å². The van der Waals surface area contributed by atoms with Crippen LogP contribution in [0.15, 0.2) is 11.8 Å². The standard InChI is InChI=1S/C12H20N2O2/c1-12(16)8-14(9-12)7-11(15)13(2)10-5-3-4-6-10/h5,16H,3-4,6-9H2,1-2H3. The van der Waals surface area contributed by atoms with Gasteiger partial charge >= 0.3 is 0 Å². The van der Waals surface area contributed by atoms with Crippen molar-refractivity contribution in [2.24, 2.45) is 0 Å². The van der Waals surface area contributed by atoms with E-state index in [2.05, 4.69) is 6.08 Å². The molecule has 2 rings (SSSR count).